The van der Waals surface area contributed by atoms with E-state index in [4.69, 9.17) is 21.1 Å². The minimum absolute atomic E-state index is 0.0125. The van der Waals surface area contributed by atoms with E-state index in [0.29, 0.717) is 5.69 Å². The summed E-state index contributed by atoms with van der Waals surface area (Å²) in [6, 6.07) is 3.24. The van der Waals surface area contributed by atoms with Gasteiger partial charge in [0.1, 0.15) is 5.75 Å². The summed E-state index contributed by atoms with van der Waals surface area (Å²) >= 11 is 5.87. The van der Waals surface area contributed by atoms with Gasteiger partial charge in [0.05, 0.1) is 37.0 Å². The van der Waals surface area contributed by atoms with Gasteiger partial charge in [0, 0.05) is 18.3 Å². The molecule has 8 heteroatoms. The summed E-state index contributed by atoms with van der Waals surface area (Å²) in [7, 11) is 4.28. The van der Waals surface area contributed by atoms with Crippen molar-refractivity contribution in [2.75, 3.05) is 26.2 Å². The largest absolute Gasteiger partial charge is 0.494 e. The van der Waals surface area contributed by atoms with Crippen LogP contribution in [0, 0.1) is 5.82 Å². The summed E-state index contributed by atoms with van der Waals surface area (Å²) in [5.41, 5.74) is 1.20. The van der Waals surface area contributed by atoms with E-state index in [0.717, 1.165) is 18.4 Å². The average molecular weight is 391 g/mol. The van der Waals surface area contributed by atoms with Gasteiger partial charge in [0.15, 0.2) is 11.0 Å². The molecule has 27 heavy (non-hydrogen) atoms. The highest BCUT2D eigenvalue weighted by molar-refractivity contribution is 6.30. The number of carbonyl (C=O) groups excluding carboxylic acids is 2. The monoisotopic (exact) mass is 390 g/mol. The first-order chi connectivity index (χ1) is 12.9. The minimum Gasteiger partial charge on any atom is -0.494 e. The minimum atomic E-state index is -0.802. The predicted octanol–water partition coefficient (Wildman–Crippen LogP) is 3.34. The van der Waals surface area contributed by atoms with Crippen molar-refractivity contribution in [1.82, 2.24) is 4.98 Å². The molecule has 0 N–H and O–H groups in total. The molecular formula is C19H16ClFN2O4. The van der Waals surface area contributed by atoms with E-state index in [9.17, 15) is 14.0 Å². The van der Waals surface area contributed by atoms with Crippen molar-refractivity contribution in [1.29, 1.82) is 0 Å². The fraction of sp³-hybridized carbons (Fsp3) is 0.316. The second kappa shape index (κ2) is 5.92. The Kier molecular flexibility index (Phi) is 3.89. The molecule has 140 valence electrons. The number of rotatable bonds is 3. The highest BCUT2D eigenvalue weighted by Crippen LogP contribution is 2.58. The van der Waals surface area contributed by atoms with E-state index in [1.165, 1.54) is 25.3 Å². The number of halogens is 2. The van der Waals surface area contributed by atoms with Crippen LogP contribution in [-0.2, 0) is 14.9 Å². The molecule has 1 spiro atoms. The standard InChI is InChI=1S/C19H16ClFN2O4/c1-23-12-7-10(17(24)27-3)9(6-11(12)19(4-5-19)18(23)25)14-13(26-2)8-22-16(20)15(14)21/h6-8H,4-5H2,1-3H3. The van der Waals surface area contributed by atoms with E-state index in [1.54, 1.807) is 19.2 Å². The van der Waals surface area contributed by atoms with Crippen molar-refractivity contribution in [3.05, 3.63) is 40.4 Å². The Hall–Kier alpha value is -2.67. The van der Waals surface area contributed by atoms with Crippen LogP contribution >= 0.6 is 11.6 Å². The molecule has 1 fully saturated rings. The summed E-state index contributed by atoms with van der Waals surface area (Å²) in [6.07, 6.45) is 2.73. The van der Waals surface area contributed by atoms with Crippen LogP contribution in [0.15, 0.2) is 18.3 Å². The van der Waals surface area contributed by atoms with Gasteiger partial charge in [-0.1, -0.05) is 11.6 Å². The van der Waals surface area contributed by atoms with Gasteiger partial charge in [-0.05, 0) is 30.5 Å². The lowest BCUT2D eigenvalue weighted by atomic mass is 9.90. The zero-order valence-corrected chi connectivity index (χ0v) is 15.7. The maximum Gasteiger partial charge on any atom is 0.338 e. The normalized spacial score (nSPS) is 16.5. The number of methoxy groups -OCH3 is 2. The maximum atomic E-state index is 14.9. The van der Waals surface area contributed by atoms with Gasteiger partial charge in [0.25, 0.3) is 0 Å². The number of anilines is 1. The molecule has 0 radical (unpaired) electrons. The highest BCUT2D eigenvalue weighted by atomic mass is 35.5. The number of aromatic nitrogens is 1. The summed E-state index contributed by atoms with van der Waals surface area (Å²) < 4.78 is 25.0. The Balaban J connectivity index is 2.06. The second-order valence-corrected chi connectivity index (χ2v) is 7.02. The van der Waals surface area contributed by atoms with E-state index >= 15 is 0 Å². The zero-order valence-electron chi connectivity index (χ0n) is 14.9. The fourth-order valence-electron chi connectivity index (χ4n) is 3.74. The average Bonchev–Trinajstić information content (AvgIpc) is 3.45. The highest BCUT2D eigenvalue weighted by Gasteiger charge is 2.58. The van der Waals surface area contributed by atoms with Crippen molar-refractivity contribution in [2.24, 2.45) is 0 Å². The quantitative estimate of drug-likeness (QED) is 0.594. The number of hydrogen-bond donors (Lipinski definition) is 0. The Morgan fingerprint density at radius 3 is 2.63 bits per heavy atom. The lowest BCUT2D eigenvalue weighted by Crippen LogP contribution is -2.27. The van der Waals surface area contributed by atoms with Crippen LogP contribution in [-0.4, -0.2) is 38.1 Å². The van der Waals surface area contributed by atoms with Gasteiger partial charge in [-0.15, -0.1) is 0 Å². The molecule has 0 atom stereocenters. The van der Waals surface area contributed by atoms with Gasteiger partial charge in [-0.3, -0.25) is 4.79 Å². The molecule has 1 amide bonds. The molecule has 1 aromatic heterocycles. The van der Waals surface area contributed by atoms with Crippen LogP contribution in [0.5, 0.6) is 5.75 Å². The van der Waals surface area contributed by atoms with Crippen LogP contribution in [0.3, 0.4) is 0 Å². The van der Waals surface area contributed by atoms with Crippen LogP contribution < -0.4 is 9.64 Å². The number of nitrogens with zero attached hydrogens (tertiary/aromatic N) is 2. The SMILES string of the molecule is COC(=O)c1cc2c(cc1-c1c(OC)cnc(Cl)c1F)C1(CC1)C(=O)N2C. The van der Waals surface area contributed by atoms with Crippen molar-refractivity contribution in [3.63, 3.8) is 0 Å². The summed E-state index contributed by atoms with van der Waals surface area (Å²) in [4.78, 5) is 30.4. The summed E-state index contributed by atoms with van der Waals surface area (Å²) in [6.45, 7) is 0. The molecule has 0 bridgehead atoms. The number of hydrogen-bond acceptors (Lipinski definition) is 5. The number of pyridine rings is 1. The lowest BCUT2D eigenvalue weighted by Gasteiger charge is -2.17. The molecule has 0 saturated heterocycles. The van der Waals surface area contributed by atoms with Crippen LogP contribution in [0.4, 0.5) is 10.1 Å². The van der Waals surface area contributed by atoms with Gasteiger partial charge in [-0.2, -0.15) is 0 Å². The van der Waals surface area contributed by atoms with Crippen molar-refractivity contribution < 1.29 is 23.5 Å². The van der Waals surface area contributed by atoms with Gasteiger partial charge >= 0.3 is 5.97 Å². The van der Waals surface area contributed by atoms with Gasteiger partial charge < -0.3 is 14.4 Å². The van der Waals surface area contributed by atoms with Crippen molar-refractivity contribution in [2.45, 2.75) is 18.3 Å². The van der Waals surface area contributed by atoms with Crippen molar-refractivity contribution >= 4 is 29.2 Å². The van der Waals surface area contributed by atoms with Crippen LogP contribution in [0.2, 0.25) is 5.15 Å². The van der Waals surface area contributed by atoms with Crippen LogP contribution in [0.25, 0.3) is 11.1 Å². The Morgan fingerprint density at radius 2 is 2.04 bits per heavy atom. The van der Waals surface area contributed by atoms with Crippen LogP contribution in [0.1, 0.15) is 28.8 Å². The molecule has 2 aliphatic rings. The number of benzene rings is 1. The Labute approximate surface area is 159 Å². The molecule has 1 aliphatic carbocycles. The third-order valence-electron chi connectivity index (χ3n) is 5.31. The first-order valence-corrected chi connectivity index (χ1v) is 8.67. The molecular weight excluding hydrogens is 375 g/mol. The zero-order chi connectivity index (χ0) is 19.5. The van der Waals surface area contributed by atoms with E-state index in [-0.39, 0.29) is 33.5 Å². The number of ether oxygens (including phenoxy) is 2. The first-order valence-electron chi connectivity index (χ1n) is 8.29. The van der Waals surface area contributed by atoms with Gasteiger partial charge in [0.2, 0.25) is 5.91 Å². The molecule has 2 heterocycles. The maximum absolute atomic E-state index is 14.9. The lowest BCUT2D eigenvalue weighted by molar-refractivity contribution is -0.119. The molecule has 1 aliphatic heterocycles. The molecule has 6 nitrogen and oxygen atoms in total. The third-order valence-corrected chi connectivity index (χ3v) is 5.58. The number of likely N-dealkylation sites (N-methyl/N-ethyl adjacent to an activating group) is 1. The van der Waals surface area contributed by atoms with E-state index in [2.05, 4.69) is 4.98 Å². The number of amides is 1. The molecule has 1 saturated carbocycles. The van der Waals surface area contributed by atoms with E-state index in [1.807, 2.05) is 0 Å². The second-order valence-electron chi connectivity index (χ2n) is 6.66. The Morgan fingerprint density at radius 1 is 1.33 bits per heavy atom. The van der Waals surface area contributed by atoms with Gasteiger partial charge in [-0.25, -0.2) is 14.2 Å². The van der Waals surface area contributed by atoms with Crippen molar-refractivity contribution in [3.8, 4) is 16.9 Å². The Bertz CT molecular complexity index is 1000. The molecule has 0 unspecified atom stereocenters. The third kappa shape index (κ3) is 2.34. The first kappa shape index (κ1) is 17.7. The number of esters is 1. The summed E-state index contributed by atoms with van der Waals surface area (Å²) in [5.74, 6) is -1.35. The number of carbonyl (C=O) groups is 2. The smallest absolute Gasteiger partial charge is 0.338 e. The van der Waals surface area contributed by atoms with E-state index < -0.39 is 17.2 Å². The molecule has 4 rings (SSSR count). The molecule has 1 aromatic carbocycles. The summed E-state index contributed by atoms with van der Waals surface area (Å²) in [5, 5.41) is -0.337. The fourth-order valence-corrected chi connectivity index (χ4v) is 3.89. The number of fused-ring (bicyclic) bond motifs is 2. The topological polar surface area (TPSA) is 68.7 Å². The predicted molar refractivity (Wildman–Crippen MR) is 96.9 cm³/mol. The molecule has 2 aromatic rings.